The second kappa shape index (κ2) is 9.28. The molecule has 168 valence electrons. The smallest absolute Gasteiger partial charge is 0.254 e. The Kier molecular flexibility index (Phi) is 6.91. The molecule has 8 heteroatoms. The number of rotatable bonds is 6. The van der Waals surface area contributed by atoms with E-state index < -0.39 is 10.0 Å². The first-order chi connectivity index (χ1) is 14.7. The van der Waals surface area contributed by atoms with Crippen LogP contribution in [-0.2, 0) is 10.0 Å². The van der Waals surface area contributed by atoms with Crippen LogP contribution in [0.4, 0.5) is 0 Å². The zero-order chi connectivity index (χ0) is 22.8. The van der Waals surface area contributed by atoms with Gasteiger partial charge in [-0.3, -0.25) is 4.79 Å². The second-order valence-corrected chi connectivity index (χ2v) is 9.60. The van der Waals surface area contributed by atoms with Crippen molar-refractivity contribution >= 4 is 15.9 Å². The van der Waals surface area contributed by atoms with E-state index in [0.717, 1.165) is 16.7 Å². The van der Waals surface area contributed by atoms with Crippen molar-refractivity contribution in [3.8, 4) is 11.5 Å². The number of aryl methyl sites for hydroxylation is 3. The van der Waals surface area contributed by atoms with E-state index in [1.807, 2.05) is 39.8 Å². The zero-order valence-corrected chi connectivity index (χ0v) is 19.6. The molecule has 31 heavy (non-hydrogen) atoms. The van der Waals surface area contributed by atoms with E-state index in [4.69, 9.17) is 9.47 Å². The molecule has 1 amide bonds. The Morgan fingerprint density at radius 2 is 1.58 bits per heavy atom. The Hall–Kier alpha value is -2.58. The zero-order valence-electron chi connectivity index (χ0n) is 18.8. The van der Waals surface area contributed by atoms with Crippen molar-refractivity contribution in [1.82, 2.24) is 9.21 Å². The summed E-state index contributed by atoms with van der Waals surface area (Å²) in [5, 5.41) is 0. The van der Waals surface area contributed by atoms with E-state index in [1.165, 1.54) is 11.4 Å². The maximum atomic E-state index is 13.3. The molecule has 1 saturated heterocycles. The third kappa shape index (κ3) is 4.70. The van der Waals surface area contributed by atoms with E-state index in [0.29, 0.717) is 41.7 Å². The van der Waals surface area contributed by atoms with Crippen LogP contribution < -0.4 is 9.47 Å². The van der Waals surface area contributed by atoms with Crippen LogP contribution in [0.15, 0.2) is 35.2 Å². The van der Waals surface area contributed by atoms with Crippen LogP contribution in [0.3, 0.4) is 0 Å². The Balaban J connectivity index is 1.74. The number of hydrogen-bond donors (Lipinski definition) is 0. The van der Waals surface area contributed by atoms with Gasteiger partial charge in [0.25, 0.3) is 5.91 Å². The summed E-state index contributed by atoms with van der Waals surface area (Å²) in [6.07, 6.45) is 0. The van der Waals surface area contributed by atoms with Gasteiger partial charge in [0.15, 0.2) is 11.5 Å². The van der Waals surface area contributed by atoms with Crippen LogP contribution in [0, 0.1) is 20.8 Å². The van der Waals surface area contributed by atoms with Crippen LogP contribution in [-0.4, -0.2) is 63.4 Å². The Labute approximate surface area is 184 Å². The average Bonchev–Trinajstić information content (AvgIpc) is 2.73. The number of amides is 1. The Morgan fingerprint density at radius 1 is 0.968 bits per heavy atom. The number of piperazine rings is 1. The lowest BCUT2D eigenvalue weighted by molar-refractivity contribution is 0.0697. The summed E-state index contributed by atoms with van der Waals surface area (Å²) in [7, 11) is -2.09. The molecule has 2 aromatic carbocycles. The first-order valence-corrected chi connectivity index (χ1v) is 11.8. The molecule has 0 spiro atoms. The van der Waals surface area contributed by atoms with Crippen molar-refractivity contribution in [3.63, 3.8) is 0 Å². The number of carbonyl (C=O) groups is 1. The van der Waals surface area contributed by atoms with Gasteiger partial charge in [-0.15, -0.1) is 0 Å². The molecule has 3 rings (SSSR count). The number of hydrogen-bond acceptors (Lipinski definition) is 5. The number of ether oxygens (including phenoxy) is 2. The molecule has 2 aromatic rings. The molecular formula is C23H30N2O5S. The summed E-state index contributed by atoms with van der Waals surface area (Å²) >= 11 is 0. The first-order valence-electron chi connectivity index (χ1n) is 10.4. The topological polar surface area (TPSA) is 76.2 Å². The largest absolute Gasteiger partial charge is 0.493 e. The Morgan fingerprint density at radius 3 is 2.13 bits per heavy atom. The molecule has 0 bridgehead atoms. The van der Waals surface area contributed by atoms with Crippen molar-refractivity contribution in [2.45, 2.75) is 32.6 Å². The number of methoxy groups -OCH3 is 1. The summed E-state index contributed by atoms with van der Waals surface area (Å²) in [6, 6.07) is 8.87. The number of benzene rings is 2. The summed E-state index contributed by atoms with van der Waals surface area (Å²) in [5.41, 5.74) is 3.02. The van der Waals surface area contributed by atoms with Crippen LogP contribution in [0.2, 0.25) is 0 Å². The minimum atomic E-state index is -3.62. The van der Waals surface area contributed by atoms with Crippen molar-refractivity contribution in [2.75, 3.05) is 39.9 Å². The molecule has 0 aliphatic carbocycles. The van der Waals surface area contributed by atoms with Gasteiger partial charge >= 0.3 is 0 Å². The van der Waals surface area contributed by atoms with Gasteiger partial charge in [0.1, 0.15) is 0 Å². The fourth-order valence-electron chi connectivity index (χ4n) is 4.09. The van der Waals surface area contributed by atoms with E-state index in [9.17, 15) is 13.2 Å². The lowest BCUT2D eigenvalue weighted by Gasteiger charge is -2.34. The van der Waals surface area contributed by atoms with Gasteiger partial charge < -0.3 is 14.4 Å². The molecular weight excluding hydrogens is 416 g/mol. The number of carbonyl (C=O) groups excluding carboxylic acids is 1. The van der Waals surface area contributed by atoms with Gasteiger partial charge in [-0.25, -0.2) is 8.42 Å². The quantitative estimate of drug-likeness (QED) is 0.681. The minimum Gasteiger partial charge on any atom is -0.493 e. The van der Waals surface area contributed by atoms with Gasteiger partial charge in [-0.2, -0.15) is 4.31 Å². The summed E-state index contributed by atoms with van der Waals surface area (Å²) in [5.74, 6) is 0.932. The summed E-state index contributed by atoms with van der Waals surface area (Å²) in [4.78, 5) is 15.0. The van der Waals surface area contributed by atoms with E-state index >= 15 is 0 Å². The van der Waals surface area contributed by atoms with Gasteiger partial charge in [0.2, 0.25) is 10.0 Å². The lowest BCUT2D eigenvalue weighted by atomic mass is 10.1. The SMILES string of the molecule is CCOc1ccc(C(=O)N2CCN(S(=O)(=O)c3c(C)cc(C)cc3C)CC2)cc1OC. The maximum absolute atomic E-state index is 13.3. The van der Waals surface area contributed by atoms with Crippen molar-refractivity contribution in [1.29, 1.82) is 0 Å². The van der Waals surface area contributed by atoms with E-state index in [-0.39, 0.29) is 19.0 Å². The number of sulfonamides is 1. The van der Waals surface area contributed by atoms with Crippen molar-refractivity contribution in [3.05, 3.63) is 52.6 Å². The highest BCUT2D eigenvalue weighted by atomic mass is 32.2. The summed E-state index contributed by atoms with van der Waals surface area (Å²) < 4.78 is 38.8. The summed E-state index contributed by atoms with van der Waals surface area (Å²) in [6.45, 7) is 9.17. The highest BCUT2D eigenvalue weighted by molar-refractivity contribution is 7.89. The van der Waals surface area contributed by atoms with Crippen LogP contribution in [0.1, 0.15) is 34.0 Å². The average molecular weight is 447 g/mol. The third-order valence-electron chi connectivity index (χ3n) is 5.44. The number of nitrogens with zero attached hydrogens (tertiary/aromatic N) is 2. The lowest BCUT2D eigenvalue weighted by Crippen LogP contribution is -2.50. The second-order valence-electron chi connectivity index (χ2n) is 7.72. The maximum Gasteiger partial charge on any atom is 0.254 e. The molecule has 0 unspecified atom stereocenters. The molecule has 7 nitrogen and oxygen atoms in total. The first kappa shape index (κ1) is 23.1. The molecule has 0 radical (unpaired) electrons. The van der Waals surface area contributed by atoms with Crippen molar-refractivity contribution in [2.24, 2.45) is 0 Å². The predicted molar refractivity (Wildman–Crippen MR) is 119 cm³/mol. The third-order valence-corrected chi connectivity index (χ3v) is 7.64. The van der Waals surface area contributed by atoms with Crippen LogP contribution in [0.25, 0.3) is 0 Å². The highest BCUT2D eigenvalue weighted by Gasteiger charge is 2.32. The molecule has 1 heterocycles. The van der Waals surface area contributed by atoms with Crippen LogP contribution in [0.5, 0.6) is 11.5 Å². The molecule has 0 saturated carbocycles. The standard InChI is InChI=1S/C23H30N2O5S/c1-6-30-20-8-7-19(15-21(20)29-5)23(26)24-9-11-25(12-10-24)31(27,28)22-17(3)13-16(2)14-18(22)4/h7-8,13-15H,6,9-12H2,1-5H3. The fourth-order valence-corrected chi connectivity index (χ4v) is 5.93. The Bertz CT molecular complexity index is 1050. The molecule has 1 aliphatic heterocycles. The minimum absolute atomic E-state index is 0.152. The van der Waals surface area contributed by atoms with Gasteiger partial charge in [-0.05, 0) is 57.0 Å². The van der Waals surface area contributed by atoms with Gasteiger partial charge in [0, 0.05) is 31.7 Å². The molecule has 0 atom stereocenters. The molecule has 0 aromatic heterocycles. The van der Waals surface area contributed by atoms with Crippen molar-refractivity contribution < 1.29 is 22.7 Å². The van der Waals surface area contributed by atoms with Crippen LogP contribution >= 0.6 is 0 Å². The molecule has 1 aliphatic rings. The van der Waals surface area contributed by atoms with E-state index in [1.54, 1.807) is 23.1 Å². The monoisotopic (exact) mass is 446 g/mol. The highest BCUT2D eigenvalue weighted by Crippen LogP contribution is 2.29. The predicted octanol–water partition coefficient (Wildman–Crippen LogP) is 3.17. The van der Waals surface area contributed by atoms with E-state index in [2.05, 4.69) is 0 Å². The molecule has 0 N–H and O–H groups in total. The van der Waals surface area contributed by atoms with Gasteiger partial charge in [0.05, 0.1) is 18.6 Å². The molecule has 1 fully saturated rings. The van der Waals surface area contributed by atoms with Gasteiger partial charge in [-0.1, -0.05) is 17.7 Å². The normalized spacial score (nSPS) is 15.1. The fraction of sp³-hybridized carbons (Fsp3) is 0.435.